The Labute approximate surface area is 200 Å². The average Bonchev–Trinajstić information content (AvgIpc) is 3.57. The van der Waals surface area contributed by atoms with E-state index in [1.807, 2.05) is 25.1 Å². The van der Waals surface area contributed by atoms with E-state index in [4.69, 9.17) is 14.2 Å². The van der Waals surface area contributed by atoms with Crippen molar-refractivity contribution in [1.29, 1.82) is 0 Å². The topological polar surface area (TPSA) is 82.0 Å². The molecular weight excluding hydrogens is 434 g/mol. The van der Waals surface area contributed by atoms with Gasteiger partial charge in [-0.15, -0.1) is 0 Å². The third-order valence-corrected chi connectivity index (χ3v) is 7.25. The maximum absolute atomic E-state index is 13.1. The molecule has 1 aromatic carbocycles. The minimum Gasteiger partial charge on any atom is -0.454 e. The molecule has 1 amide bonds. The van der Waals surface area contributed by atoms with E-state index in [0.717, 1.165) is 68.9 Å². The summed E-state index contributed by atoms with van der Waals surface area (Å²) in [6.45, 7) is 7.81. The first-order chi connectivity index (χ1) is 16.5. The molecule has 1 atom stereocenters. The molecule has 2 aromatic rings. The first-order valence-electron chi connectivity index (χ1n) is 12.2. The summed E-state index contributed by atoms with van der Waals surface area (Å²) in [4.78, 5) is 28.0. The molecule has 4 heterocycles. The molecule has 8 nitrogen and oxygen atoms in total. The second-order valence-corrected chi connectivity index (χ2v) is 9.56. The van der Waals surface area contributed by atoms with Gasteiger partial charge in [0.2, 0.25) is 12.7 Å². The molecule has 182 valence electrons. The molecule has 0 radical (unpaired) electrons. The van der Waals surface area contributed by atoms with Gasteiger partial charge in [-0.1, -0.05) is 0 Å². The number of nitrogens with one attached hydrogen (secondary N) is 1. The molecule has 1 N–H and O–H groups in total. The van der Waals surface area contributed by atoms with Crippen LogP contribution in [0.5, 0.6) is 11.5 Å². The Morgan fingerprint density at radius 1 is 1.06 bits per heavy atom. The molecule has 3 aliphatic heterocycles. The summed E-state index contributed by atoms with van der Waals surface area (Å²) in [5.74, 6) is 1.45. The minimum atomic E-state index is -0.0618. The lowest BCUT2D eigenvalue weighted by molar-refractivity contribution is -0.121. The van der Waals surface area contributed by atoms with Crippen LogP contribution in [-0.4, -0.2) is 60.3 Å². The number of anilines is 1. The summed E-state index contributed by atoms with van der Waals surface area (Å²) in [6, 6.07) is 7.44. The molecule has 0 aliphatic carbocycles. The van der Waals surface area contributed by atoms with E-state index in [2.05, 4.69) is 21.7 Å². The van der Waals surface area contributed by atoms with Crippen molar-refractivity contribution in [3.8, 4) is 11.5 Å². The Balaban J connectivity index is 1.13. The number of Topliss-reactive ketones (excluding diaryl/α,β-unsaturated/α-hetero) is 1. The van der Waals surface area contributed by atoms with Gasteiger partial charge in [-0.3, -0.25) is 14.5 Å². The largest absolute Gasteiger partial charge is 0.454 e. The van der Waals surface area contributed by atoms with Crippen molar-refractivity contribution in [3.05, 3.63) is 41.2 Å². The third-order valence-electron chi connectivity index (χ3n) is 7.25. The standard InChI is InChI=1S/C26H33N3O5/c1-17-12-22(18(2)29(17)14-21-4-3-11-32-21)23(30)15-28-9-7-19(8-10-28)26(31)27-20-5-6-24-25(13-20)34-16-33-24/h5-6,12-13,19,21H,3-4,7-11,14-16H2,1-2H3,(H,27,31). The zero-order valence-electron chi connectivity index (χ0n) is 20.0. The number of aromatic nitrogens is 1. The number of likely N-dealkylation sites (tertiary alicyclic amines) is 1. The normalized spacial score (nSPS) is 20.6. The van der Waals surface area contributed by atoms with E-state index in [-0.39, 0.29) is 30.5 Å². The van der Waals surface area contributed by atoms with E-state index in [1.54, 1.807) is 6.07 Å². The monoisotopic (exact) mass is 467 g/mol. The molecule has 8 heteroatoms. The summed E-state index contributed by atoms with van der Waals surface area (Å²) >= 11 is 0. The van der Waals surface area contributed by atoms with Crippen LogP contribution in [-0.2, 0) is 16.1 Å². The molecule has 0 bridgehead atoms. The first-order valence-corrected chi connectivity index (χ1v) is 12.2. The Morgan fingerprint density at radius 3 is 2.62 bits per heavy atom. The molecule has 2 fully saturated rings. The van der Waals surface area contributed by atoms with Crippen LogP contribution in [0.4, 0.5) is 5.69 Å². The highest BCUT2D eigenvalue weighted by atomic mass is 16.7. The number of carbonyl (C=O) groups excluding carboxylic acids is 2. The van der Waals surface area contributed by atoms with Crippen LogP contribution in [0.2, 0.25) is 0 Å². The van der Waals surface area contributed by atoms with Crippen molar-refractivity contribution in [2.75, 3.05) is 38.4 Å². The van der Waals surface area contributed by atoms with Crippen molar-refractivity contribution < 1.29 is 23.8 Å². The predicted octanol–water partition coefficient (Wildman–Crippen LogP) is 3.55. The Bertz CT molecular complexity index is 1060. The van der Waals surface area contributed by atoms with Gasteiger partial charge < -0.3 is 24.1 Å². The average molecular weight is 468 g/mol. The zero-order valence-corrected chi connectivity index (χ0v) is 20.0. The molecule has 1 unspecified atom stereocenters. The van der Waals surface area contributed by atoms with Crippen molar-refractivity contribution in [2.24, 2.45) is 5.92 Å². The lowest BCUT2D eigenvalue weighted by Gasteiger charge is -2.30. The van der Waals surface area contributed by atoms with Gasteiger partial charge >= 0.3 is 0 Å². The van der Waals surface area contributed by atoms with Gasteiger partial charge in [-0.05, 0) is 70.8 Å². The van der Waals surface area contributed by atoms with Crippen LogP contribution in [0, 0.1) is 19.8 Å². The second kappa shape index (κ2) is 9.80. The highest BCUT2D eigenvalue weighted by Crippen LogP contribution is 2.34. The minimum absolute atomic E-state index is 0.0162. The quantitative estimate of drug-likeness (QED) is 0.628. The Kier molecular flexibility index (Phi) is 6.61. The van der Waals surface area contributed by atoms with Crippen molar-refractivity contribution in [3.63, 3.8) is 0 Å². The third kappa shape index (κ3) is 4.83. The molecule has 1 aromatic heterocycles. The lowest BCUT2D eigenvalue weighted by atomic mass is 9.95. The molecule has 2 saturated heterocycles. The van der Waals surface area contributed by atoms with E-state index in [0.29, 0.717) is 23.7 Å². The molecule has 5 rings (SSSR count). The summed E-state index contributed by atoms with van der Waals surface area (Å²) in [5.41, 5.74) is 3.65. The fourth-order valence-electron chi connectivity index (χ4n) is 5.22. The number of amides is 1. The number of aryl methyl sites for hydroxylation is 1. The van der Waals surface area contributed by atoms with Gasteiger partial charge in [0, 0.05) is 47.8 Å². The number of ketones is 1. The number of nitrogens with zero attached hydrogens (tertiary/aromatic N) is 2. The zero-order chi connectivity index (χ0) is 23.7. The van der Waals surface area contributed by atoms with E-state index < -0.39 is 0 Å². The number of piperidine rings is 1. The fraction of sp³-hybridized carbons (Fsp3) is 0.538. The van der Waals surface area contributed by atoms with Gasteiger partial charge in [-0.2, -0.15) is 0 Å². The summed E-state index contributed by atoms with van der Waals surface area (Å²) in [7, 11) is 0. The molecule has 0 spiro atoms. The number of hydrogen-bond acceptors (Lipinski definition) is 6. The highest BCUT2D eigenvalue weighted by Gasteiger charge is 2.28. The second-order valence-electron chi connectivity index (χ2n) is 9.56. The van der Waals surface area contributed by atoms with Crippen molar-refractivity contribution in [2.45, 2.75) is 52.2 Å². The van der Waals surface area contributed by atoms with Gasteiger partial charge in [0.05, 0.1) is 12.6 Å². The molecule has 34 heavy (non-hydrogen) atoms. The summed E-state index contributed by atoms with van der Waals surface area (Å²) in [6.07, 6.45) is 3.91. The van der Waals surface area contributed by atoms with Crippen LogP contribution in [0.25, 0.3) is 0 Å². The van der Waals surface area contributed by atoms with Crippen LogP contribution in [0.3, 0.4) is 0 Å². The number of carbonyl (C=O) groups is 2. The summed E-state index contributed by atoms with van der Waals surface area (Å²) < 4.78 is 18.7. The smallest absolute Gasteiger partial charge is 0.231 e. The lowest BCUT2D eigenvalue weighted by Crippen LogP contribution is -2.40. The first kappa shape index (κ1) is 22.9. The number of rotatable bonds is 7. The number of hydrogen-bond donors (Lipinski definition) is 1. The van der Waals surface area contributed by atoms with Crippen LogP contribution < -0.4 is 14.8 Å². The van der Waals surface area contributed by atoms with Gasteiger partial charge in [-0.25, -0.2) is 0 Å². The maximum Gasteiger partial charge on any atom is 0.231 e. The van der Waals surface area contributed by atoms with Gasteiger partial charge in [0.15, 0.2) is 17.3 Å². The SMILES string of the molecule is Cc1cc(C(=O)CN2CCC(C(=O)Nc3ccc4c(c3)OCO4)CC2)c(C)n1CC1CCCO1. The van der Waals surface area contributed by atoms with E-state index >= 15 is 0 Å². The van der Waals surface area contributed by atoms with Crippen molar-refractivity contribution >= 4 is 17.4 Å². The number of fused-ring (bicyclic) bond motifs is 1. The predicted molar refractivity (Wildman–Crippen MR) is 128 cm³/mol. The van der Waals surface area contributed by atoms with Crippen molar-refractivity contribution in [1.82, 2.24) is 9.47 Å². The molecule has 0 saturated carbocycles. The van der Waals surface area contributed by atoms with Gasteiger partial charge in [0.25, 0.3) is 0 Å². The van der Waals surface area contributed by atoms with Crippen LogP contribution in [0.15, 0.2) is 24.3 Å². The van der Waals surface area contributed by atoms with Crippen LogP contribution >= 0.6 is 0 Å². The number of ether oxygens (including phenoxy) is 3. The van der Waals surface area contributed by atoms with Crippen LogP contribution in [0.1, 0.15) is 47.4 Å². The Morgan fingerprint density at radius 2 is 1.85 bits per heavy atom. The fourth-order valence-corrected chi connectivity index (χ4v) is 5.22. The summed E-state index contributed by atoms with van der Waals surface area (Å²) in [5, 5.41) is 3.00. The van der Waals surface area contributed by atoms with Gasteiger partial charge in [0.1, 0.15) is 0 Å². The molecule has 3 aliphatic rings. The highest BCUT2D eigenvalue weighted by molar-refractivity contribution is 5.99. The molecular formula is C26H33N3O5. The van der Waals surface area contributed by atoms with E-state index in [9.17, 15) is 9.59 Å². The maximum atomic E-state index is 13.1. The van der Waals surface area contributed by atoms with E-state index in [1.165, 1.54) is 0 Å². The Hall–Kier alpha value is -2.84. The number of benzene rings is 1.